The topological polar surface area (TPSA) is 38.0 Å². The van der Waals surface area contributed by atoms with Gasteiger partial charge >= 0.3 is 0 Å². The predicted molar refractivity (Wildman–Crippen MR) is 73.0 cm³/mol. The number of benzene rings is 1. The van der Waals surface area contributed by atoms with Gasteiger partial charge in [-0.05, 0) is 38.7 Å². The molecule has 1 fully saturated rings. The lowest BCUT2D eigenvalue weighted by atomic mass is 9.90. The third-order valence-corrected chi connectivity index (χ3v) is 3.74. The molecule has 0 amide bonds. The number of hydrogen-bond donors (Lipinski definition) is 2. The Morgan fingerprint density at radius 1 is 1.35 bits per heavy atom. The van der Waals surface area contributed by atoms with E-state index in [9.17, 15) is 0 Å². The van der Waals surface area contributed by atoms with Crippen molar-refractivity contribution in [3.63, 3.8) is 0 Å². The van der Waals surface area contributed by atoms with Crippen LogP contribution in [0.2, 0.25) is 0 Å². The number of rotatable bonds is 3. The fraction of sp³-hybridized carbons (Fsp3) is 0.600. The monoisotopic (exact) mass is 232 g/mol. The predicted octanol–water partition coefficient (Wildman–Crippen LogP) is 2.92. The van der Waals surface area contributed by atoms with Gasteiger partial charge in [0, 0.05) is 18.1 Å². The highest BCUT2D eigenvalue weighted by molar-refractivity contribution is 5.24. The van der Waals surface area contributed by atoms with Crippen LogP contribution in [-0.2, 0) is 0 Å². The highest BCUT2D eigenvalue weighted by atomic mass is 15.0. The first kappa shape index (κ1) is 12.6. The molecule has 1 aromatic carbocycles. The van der Waals surface area contributed by atoms with Crippen molar-refractivity contribution in [3.05, 3.63) is 35.4 Å². The highest BCUT2D eigenvalue weighted by Crippen LogP contribution is 2.21. The molecule has 0 aliphatic heterocycles. The van der Waals surface area contributed by atoms with E-state index >= 15 is 0 Å². The van der Waals surface area contributed by atoms with Crippen LogP contribution < -0.4 is 11.1 Å². The van der Waals surface area contributed by atoms with Gasteiger partial charge in [0.15, 0.2) is 0 Å². The molecule has 0 aromatic heterocycles. The molecule has 2 nitrogen and oxygen atoms in total. The van der Waals surface area contributed by atoms with Crippen LogP contribution >= 0.6 is 0 Å². The second-order valence-electron chi connectivity index (χ2n) is 5.43. The van der Waals surface area contributed by atoms with Gasteiger partial charge in [-0.15, -0.1) is 0 Å². The molecule has 1 aliphatic rings. The van der Waals surface area contributed by atoms with E-state index in [1.807, 2.05) is 0 Å². The Morgan fingerprint density at radius 3 is 2.88 bits per heavy atom. The summed E-state index contributed by atoms with van der Waals surface area (Å²) in [4.78, 5) is 0. The first-order valence-corrected chi connectivity index (χ1v) is 6.73. The molecule has 1 saturated carbocycles. The first-order valence-electron chi connectivity index (χ1n) is 6.73. The van der Waals surface area contributed by atoms with Crippen molar-refractivity contribution >= 4 is 0 Å². The molecular weight excluding hydrogens is 208 g/mol. The lowest BCUT2D eigenvalue weighted by Crippen LogP contribution is -2.40. The van der Waals surface area contributed by atoms with Crippen LogP contribution in [0.1, 0.15) is 49.8 Å². The van der Waals surface area contributed by atoms with E-state index < -0.39 is 0 Å². The zero-order valence-corrected chi connectivity index (χ0v) is 10.9. The molecule has 2 rings (SSSR count). The van der Waals surface area contributed by atoms with Gasteiger partial charge in [0.2, 0.25) is 0 Å². The molecule has 2 unspecified atom stereocenters. The van der Waals surface area contributed by atoms with Crippen molar-refractivity contribution in [2.75, 3.05) is 0 Å². The molecule has 0 radical (unpaired) electrons. The second kappa shape index (κ2) is 5.65. The fourth-order valence-corrected chi connectivity index (χ4v) is 2.77. The van der Waals surface area contributed by atoms with Crippen molar-refractivity contribution < 1.29 is 0 Å². The molecule has 2 heteroatoms. The average Bonchev–Trinajstić information content (AvgIpc) is 2.29. The van der Waals surface area contributed by atoms with E-state index in [1.54, 1.807) is 0 Å². The molecule has 0 saturated heterocycles. The van der Waals surface area contributed by atoms with Crippen LogP contribution in [0.5, 0.6) is 0 Å². The molecule has 0 bridgehead atoms. The molecule has 0 heterocycles. The summed E-state index contributed by atoms with van der Waals surface area (Å²) in [5.41, 5.74) is 8.73. The summed E-state index contributed by atoms with van der Waals surface area (Å²) in [6.45, 7) is 4.39. The van der Waals surface area contributed by atoms with E-state index in [-0.39, 0.29) is 0 Å². The van der Waals surface area contributed by atoms with Gasteiger partial charge < -0.3 is 11.1 Å². The summed E-state index contributed by atoms with van der Waals surface area (Å²) in [5.74, 6) is 0. The number of nitrogens with two attached hydrogens (primary N) is 1. The van der Waals surface area contributed by atoms with Crippen molar-refractivity contribution in [1.29, 1.82) is 0 Å². The number of hydrogen-bond acceptors (Lipinski definition) is 2. The Hall–Kier alpha value is -0.860. The summed E-state index contributed by atoms with van der Waals surface area (Å²) < 4.78 is 0. The third kappa shape index (κ3) is 3.55. The van der Waals surface area contributed by atoms with Crippen molar-refractivity contribution in [2.45, 2.75) is 57.7 Å². The van der Waals surface area contributed by atoms with Crippen molar-refractivity contribution in [1.82, 2.24) is 5.32 Å². The van der Waals surface area contributed by atoms with Gasteiger partial charge in [-0.2, -0.15) is 0 Å². The average molecular weight is 232 g/mol. The Labute approximate surface area is 105 Å². The zero-order valence-electron chi connectivity index (χ0n) is 10.9. The Kier molecular flexibility index (Phi) is 4.19. The number of aryl methyl sites for hydroxylation is 1. The molecule has 0 spiro atoms. The van der Waals surface area contributed by atoms with Gasteiger partial charge in [-0.3, -0.25) is 0 Å². The van der Waals surface area contributed by atoms with E-state index in [0.717, 1.165) is 6.42 Å². The minimum absolute atomic E-state index is 0.394. The molecule has 94 valence electrons. The maximum Gasteiger partial charge on any atom is 0.0294 e. The van der Waals surface area contributed by atoms with E-state index in [1.165, 1.54) is 30.4 Å². The van der Waals surface area contributed by atoms with Crippen LogP contribution in [0.3, 0.4) is 0 Å². The fourth-order valence-electron chi connectivity index (χ4n) is 2.77. The highest BCUT2D eigenvalue weighted by Gasteiger charge is 2.20. The van der Waals surface area contributed by atoms with Crippen molar-refractivity contribution in [3.8, 4) is 0 Å². The van der Waals surface area contributed by atoms with Gasteiger partial charge in [0.25, 0.3) is 0 Å². The maximum atomic E-state index is 6.02. The normalized spacial score (nSPS) is 26.8. The van der Waals surface area contributed by atoms with Gasteiger partial charge in [0.05, 0.1) is 0 Å². The summed E-state index contributed by atoms with van der Waals surface area (Å²) in [6.07, 6.45) is 4.84. The SMILES string of the molecule is Cc1cccc([C@H](C)NC2CCCC(N)C2)c1. The van der Waals surface area contributed by atoms with Crippen LogP contribution in [-0.4, -0.2) is 12.1 Å². The van der Waals surface area contributed by atoms with Gasteiger partial charge in [-0.1, -0.05) is 36.2 Å². The number of nitrogens with one attached hydrogen (secondary N) is 1. The molecule has 3 N–H and O–H groups in total. The minimum atomic E-state index is 0.394. The van der Waals surface area contributed by atoms with Crippen LogP contribution in [0.25, 0.3) is 0 Å². The van der Waals surface area contributed by atoms with Crippen LogP contribution in [0, 0.1) is 6.92 Å². The minimum Gasteiger partial charge on any atom is -0.328 e. The molecular formula is C15H24N2. The summed E-state index contributed by atoms with van der Waals surface area (Å²) in [6, 6.07) is 10.2. The Balaban J connectivity index is 1.94. The molecule has 1 aliphatic carbocycles. The van der Waals surface area contributed by atoms with Crippen molar-refractivity contribution in [2.24, 2.45) is 5.73 Å². The van der Waals surface area contributed by atoms with Crippen LogP contribution in [0.4, 0.5) is 0 Å². The standard InChI is InChI=1S/C15H24N2/c1-11-5-3-6-13(9-11)12(2)17-15-8-4-7-14(16)10-15/h3,5-6,9,12,14-15,17H,4,7-8,10,16H2,1-2H3/t12-,14?,15?/m0/s1. The lowest BCUT2D eigenvalue weighted by molar-refractivity contribution is 0.319. The summed E-state index contributed by atoms with van der Waals surface area (Å²) in [7, 11) is 0. The zero-order chi connectivity index (χ0) is 12.3. The second-order valence-corrected chi connectivity index (χ2v) is 5.43. The maximum absolute atomic E-state index is 6.02. The quantitative estimate of drug-likeness (QED) is 0.841. The summed E-state index contributed by atoms with van der Waals surface area (Å²) >= 11 is 0. The molecule has 3 atom stereocenters. The Morgan fingerprint density at radius 2 is 2.18 bits per heavy atom. The van der Waals surface area contributed by atoms with Crippen LogP contribution in [0.15, 0.2) is 24.3 Å². The van der Waals surface area contributed by atoms with Gasteiger partial charge in [0.1, 0.15) is 0 Å². The molecule has 1 aromatic rings. The lowest BCUT2D eigenvalue weighted by Gasteiger charge is -2.30. The van der Waals surface area contributed by atoms with E-state index in [2.05, 4.69) is 43.4 Å². The smallest absolute Gasteiger partial charge is 0.0294 e. The Bertz CT molecular complexity index is 362. The molecule has 17 heavy (non-hydrogen) atoms. The van der Waals surface area contributed by atoms with E-state index in [4.69, 9.17) is 5.73 Å². The van der Waals surface area contributed by atoms with Gasteiger partial charge in [-0.25, -0.2) is 0 Å². The first-order chi connectivity index (χ1) is 8.15. The largest absolute Gasteiger partial charge is 0.328 e. The summed E-state index contributed by atoms with van der Waals surface area (Å²) in [5, 5.41) is 3.71. The third-order valence-electron chi connectivity index (χ3n) is 3.74. The van der Waals surface area contributed by atoms with E-state index in [0.29, 0.717) is 18.1 Å².